The maximum atomic E-state index is 14.3. The molecule has 6 nitrogen and oxygen atoms in total. The first kappa shape index (κ1) is 28.3. The Morgan fingerprint density at radius 1 is 0.949 bits per heavy atom. The van der Waals surface area contributed by atoms with Crippen molar-refractivity contribution >= 4 is 44.8 Å². The maximum Gasteiger partial charge on any atom is 0.336 e. The summed E-state index contributed by atoms with van der Waals surface area (Å²) in [7, 11) is 13.5. The summed E-state index contributed by atoms with van der Waals surface area (Å²) < 4.78 is 14.3. The van der Waals surface area contributed by atoms with Gasteiger partial charge in [-0.1, -0.05) is 69.5 Å². The minimum absolute atomic E-state index is 0.0299. The van der Waals surface area contributed by atoms with Crippen LogP contribution in [0.3, 0.4) is 0 Å². The van der Waals surface area contributed by atoms with Crippen molar-refractivity contribution in [3.8, 4) is 11.1 Å². The lowest BCUT2D eigenvalue weighted by atomic mass is 9.54. The van der Waals surface area contributed by atoms with E-state index < -0.39 is 23.2 Å². The van der Waals surface area contributed by atoms with E-state index in [1.54, 1.807) is 30.3 Å². The molecule has 39 heavy (non-hydrogen) atoms. The monoisotopic (exact) mass is 523 g/mol. The second-order valence-corrected chi connectivity index (χ2v) is 10.3. The van der Waals surface area contributed by atoms with Crippen LogP contribution in [0.1, 0.15) is 56.3 Å². The summed E-state index contributed by atoms with van der Waals surface area (Å²) in [5, 5.41) is 13.9. The fraction of sp³-hybridized carbons (Fsp3) is 0.333. The van der Waals surface area contributed by atoms with E-state index in [1.807, 2.05) is 30.9 Å². The zero-order valence-corrected chi connectivity index (χ0v) is 22.3. The zero-order chi connectivity index (χ0) is 28.2. The van der Waals surface area contributed by atoms with E-state index >= 15 is 0 Å². The van der Waals surface area contributed by atoms with E-state index in [1.165, 1.54) is 24.3 Å². The number of halogens is 1. The highest BCUT2D eigenvalue weighted by atomic mass is 19.1. The van der Waals surface area contributed by atoms with Crippen molar-refractivity contribution in [2.75, 3.05) is 15.5 Å². The molecule has 2 amide bonds. The number of carboxylic acid groups (broad SMARTS) is 1. The standard InChI is InChI=1S/C30H32B2FN3O3/c1-19(2)30(31,32)36(21-10-4-3-5-11-21)27-17-16-20(22-12-6-7-13-23(22)28(37)38)18-26(27)35-29(39)34-25-15-9-8-14-24(25)33/h6-9,12-19,21H,3-5,10-11H2,1-2H3,(H,37,38)(H2,34,35,39). The number of anilines is 3. The number of carbonyl (C=O) groups is 2. The van der Waals surface area contributed by atoms with Gasteiger partial charge in [-0.2, -0.15) is 0 Å². The molecule has 9 heteroatoms. The Kier molecular flexibility index (Phi) is 8.68. The lowest BCUT2D eigenvalue weighted by molar-refractivity contribution is 0.0697. The number of rotatable bonds is 8. The summed E-state index contributed by atoms with van der Waals surface area (Å²) in [6, 6.07) is 17.3. The van der Waals surface area contributed by atoms with Gasteiger partial charge < -0.3 is 20.6 Å². The van der Waals surface area contributed by atoms with Gasteiger partial charge in [0.2, 0.25) is 0 Å². The first-order chi connectivity index (χ1) is 18.6. The third kappa shape index (κ3) is 6.29. The second kappa shape index (κ2) is 12.0. The summed E-state index contributed by atoms with van der Waals surface area (Å²) >= 11 is 0. The first-order valence-electron chi connectivity index (χ1n) is 13.3. The van der Waals surface area contributed by atoms with Crippen LogP contribution in [0.5, 0.6) is 0 Å². The molecule has 0 aliphatic heterocycles. The molecule has 0 aromatic heterocycles. The Balaban J connectivity index is 1.83. The van der Waals surface area contributed by atoms with E-state index in [4.69, 9.17) is 15.7 Å². The summed E-state index contributed by atoms with van der Waals surface area (Å²) in [5.41, 5.74) is 2.24. The normalized spacial score (nSPS) is 14.2. The molecule has 3 aromatic carbocycles. The quantitative estimate of drug-likeness (QED) is 0.290. The molecule has 3 N–H and O–H groups in total. The van der Waals surface area contributed by atoms with Crippen molar-refractivity contribution < 1.29 is 19.1 Å². The van der Waals surface area contributed by atoms with E-state index in [9.17, 15) is 19.1 Å². The van der Waals surface area contributed by atoms with Gasteiger partial charge in [-0.05, 0) is 65.6 Å². The highest BCUT2D eigenvalue weighted by Gasteiger charge is 2.36. The van der Waals surface area contributed by atoms with Crippen LogP contribution in [-0.2, 0) is 0 Å². The number of aromatic carboxylic acids is 1. The highest BCUT2D eigenvalue weighted by Crippen LogP contribution is 2.40. The third-order valence-electron chi connectivity index (χ3n) is 7.38. The van der Waals surface area contributed by atoms with Gasteiger partial charge in [-0.15, -0.1) is 0 Å². The van der Waals surface area contributed by atoms with Crippen LogP contribution in [0.15, 0.2) is 66.7 Å². The van der Waals surface area contributed by atoms with Crippen molar-refractivity contribution in [2.45, 2.75) is 57.3 Å². The predicted octanol–water partition coefficient (Wildman–Crippen LogP) is 6.62. The maximum absolute atomic E-state index is 14.3. The van der Waals surface area contributed by atoms with E-state index in [-0.39, 0.29) is 23.2 Å². The summed E-state index contributed by atoms with van der Waals surface area (Å²) in [6.07, 6.45) is 5.00. The van der Waals surface area contributed by atoms with Crippen LogP contribution < -0.4 is 15.5 Å². The molecule has 1 saturated carbocycles. The summed E-state index contributed by atoms with van der Waals surface area (Å²) in [5.74, 6) is -1.76. The Bertz CT molecular complexity index is 1340. The molecule has 1 aliphatic rings. The van der Waals surface area contributed by atoms with Crippen molar-refractivity contribution in [3.63, 3.8) is 0 Å². The molecule has 198 valence electrons. The van der Waals surface area contributed by atoms with Gasteiger partial charge in [0.15, 0.2) is 0 Å². The molecule has 4 radical (unpaired) electrons. The van der Waals surface area contributed by atoms with Gasteiger partial charge in [0.25, 0.3) is 0 Å². The van der Waals surface area contributed by atoms with Crippen molar-refractivity contribution in [2.24, 2.45) is 5.92 Å². The van der Waals surface area contributed by atoms with Crippen LogP contribution in [0.4, 0.5) is 26.2 Å². The number of hydrogen-bond donors (Lipinski definition) is 3. The molecule has 1 fully saturated rings. The highest BCUT2D eigenvalue weighted by molar-refractivity contribution is 6.42. The van der Waals surface area contributed by atoms with Gasteiger partial charge >= 0.3 is 12.0 Å². The smallest absolute Gasteiger partial charge is 0.336 e. The number of hydrogen-bond acceptors (Lipinski definition) is 3. The lowest BCUT2D eigenvalue weighted by Gasteiger charge is -2.51. The summed E-state index contributed by atoms with van der Waals surface area (Å²) in [4.78, 5) is 27.0. The van der Waals surface area contributed by atoms with Gasteiger partial charge in [0.05, 0.1) is 38.3 Å². The van der Waals surface area contributed by atoms with Gasteiger partial charge in [-0.3, -0.25) is 0 Å². The number of amides is 2. The van der Waals surface area contributed by atoms with Crippen LogP contribution in [0.2, 0.25) is 0 Å². The Hall–Kier alpha value is -3.74. The predicted molar refractivity (Wildman–Crippen MR) is 156 cm³/mol. The van der Waals surface area contributed by atoms with E-state index in [0.717, 1.165) is 32.1 Å². The van der Waals surface area contributed by atoms with Crippen LogP contribution in [-0.4, -0.2) is 44.2 Å². The average Bonchev–Trinajstić information content (AvgIpc) is 2.91. The molecule has 4 rings (SSSR count). The molecule has 1 aliphatic carbocycles. The van der Waals surface area contributed by atoms with Crippen molar-refractivity contribution in [1.82, 2.24) is 0 Å². The first-order valence-corrected chi connectivity index (χ1v) is 13.3. The number of urea groups is 1. The topological polar surface area (TPSA) is 81.7 Å². The van der Waals surface area contributed by atoms with Gasteiger partial charge in [0, 0.05) is 6.04 Å². The molecule has 0 heterocycles. The van der Waals surface area contributed by atoms with E-state index in [0.29, 0.717) is 22.5 Å². The molecule has 0 bridgehead atoms. The largest absolute Gasteiger partial charge is 0.478 e. The van der Waals surface area contributed by atoms with E-state index in [2.05, 4.69) is 10.6 Å². The number of nitrogens with zero attached hydrogens (tertiary/aromatic N) is 1. The van der Waals surface area contributed by atoms with Crippen LogP contribution in [0.25, 0.3) is 11.1 Å². The van der Waals surface area contributed by atoms with Gasteiger partial charge in [0.1, 0.15) is 5.82 Å². The molecular formula is C30H32B2FN3O3. The third-order valence-corrected chi connectivity index (χ3v) is 7.38. The van der Waals surface area contributed by atoms with Crippen LogP contribution >= 0.6 is 0 Å². The molecule has 0 unspecified atom stereocenters. The lowest BCUT2D eigenvalue weighted by Crippen LogP contribution is -2.59. The molecule has 0 saturated heterocycles. The second-order valence-electron chi connectivity index (χ2n) is 10.3. The number of carbonyl (C=O) groups excluding carboxylic acids is 1. The minimum Gasteiger partial charge on any atom is -0.478 e. The minimum atomic E-state index is -1.24. The number of carboxylic acids is 1. The number of para-hydroxylation sites is 1. The number of benzene rings is 3. The van der Waals surface area contributed by atoms with Gasteiger partial charge in [-0.25, -0.2) is 14.0 Å². The fourth-order valence-electron chi connectivity index (χ4n) is 5.11. The fourth-order valence-corrected chi connectivity index (χ4v) is 5.11. The molecule has 0 spiro atoms. The average molecular weight is 523 g/mol. The van der Waals surface area contributed by atoms with Crippen molar-refractivity contribution in [3.05, 3.63) is 78.1 Å². The Morgan fingerprint density at radius 3 is 2.26 bits per heavy atom. The Morgan fingerprint density at radius 2 is 1.59 bits per heavy atom. The molecular weight excluding hydrogens is 491 g/mol. The SMILES string of the molecule is [B]C([B])(C(C)C)N(c1ccc(-c2ccccc2C(=O)O)cc1NC(=O)Nc1ccccc1F)C1CCCCC1. The number of nitrogens with one attached hydrogen (secondary N) is 2. The summed E-state index contributed by atoms with van der Waals surface area (Å²) in [6.45, 7) is 3.90. The van der Waals surface area contributed by atoms with Crippen LogP contribution in [0, 0.1) is 11.7 Å². The zero-order valence-electron chi connectivity index (χ0n) is 22.3. The van der Waals surface area contributed by atoms with Crippen molar-refractivity contribution in [1.29, 1.82) is 0 Å². The molecule has 0 atom stereocenters. The Labute approximate surface area is 231 Å². The molecule has 3 aromatic rings.